The summed E-state index contributed by atoms with van der Waals surface area (Å²) in [6.45, 7) is 0.717. The second kappa shape index (κ2) is 3.50. The smallest absolute Gasteiger partial charge is 0.304 e. The molecule has 0 radical (unpaired) electrons. The number of carboxylic acids is 1. The Kier molecular flexibility index (Phi) is 2.36. The van der Waals surface area contributed by atoms with Crippen molar-refractivity contribution in [2.75, 3.05) is 6.54 Å². The normalized spacial score (nSPS) is 32.3. The van der Waals surface area contributed by atoms with Crippen LogP contribution in [0.5, 0.6) is 0 Å². The Morgan fingerprint density at radius 1 is 1.54 bits per heavy atom. The van der Waals surface area contributed by atoms with Crippen LogP contribution in [0.4, 0.5) is 0 Å². The Balaban J connectivity index is 1.93. The molecule has 3 nitrogen and oxygen atoms in total. The lowest BCUT2D eigenvalue weighted by Crippen LogP contribution is -2.38. The molecule has 0 aromatic rings. The van der Waals surface area contributed by atoms with Gasteiger partial charge in [-0.25, -0.2) is 0 Å². The topological polar surface area (TPSA) is 40.5 Å². The van der Waals surface area contributed by atoms with Gasteiger partial charge in [0.15, 0.2) is 0 Å². The van der Waals surface area contributed by atoms with Gasteiger partial charge >= 0.3 is 5.97 Å². The molecule has 2 bridgehead atoms. The maximum atomic E-state index is 10.4. The molecule has 72 valence electrons. The third kappa shape index (κ3) is 1.75. The van der Waals surface area contributed by atoms with Crippen LogP contribution in [0.3, 0.4) is 0 Å². The quantitative estimate of drug-likeness (QED) is 0.666. The summed E-state index contributed by atoms with van der Waals surface area (Å²) in [4.78, 5) is 12.8. The first kappa shape index (κ1) is 8.75. The number of nitrogens with zero attached hydrogens (tertiary/aromatic N) is 1. The van der Waals surface area contributed by atoms with Crippen molar-refractivity contribution < 1.29 is 9.90 Å². The zero-order valence-electron chi connectivity index (χ0n) is 7.65. The predicted molar refractivity (Wildman–Crippen MR) is 49.5 cm³/mol. The molecule has 2 aliphatic rings. The predicted octanol–water partition coefficient (Wildman–Crippen LogP) is 1.25. The van der Waals surface area contributed by atoms with E-state index in [0.29, 0.717) is 12.1 Å². The van der Waals surface area contributed by atoms with Crippen molar-refractivity contribution in [3.8, 4) is 0 Å². The fourth-order valence-corrected chi connectivity index (χ4v) is 2.39. The minimum atomic E-state index is -0.686. The van der Waals surface area contributed by atoms with Crippen LogP contribution in [-0.4, -0.2) is 34.6 Å². The molecular weight excluding hydrogens is 166 g/mol. The standard InChI is InChI=1S/C10H15NO2/c12-10(13)6-7-11-8-2-1-3-9(11)5-4-8/h1-2,8-9H,3-7H2,(H,12,13). The number of fused-ring (bicyclic) bond motifs is 2. The van der Waals surface area contributed by atoms with E-state index < -0.39 is 5.97 Å². The van der Waals surface area contributed by atoms with Crippen LogP contribution in [-0.2, 0) is 4.79 Å². The van der Waals surface area contributed by atoms with Gasteiger partial charge in [-0.2, -0.15) is 0 Å². The van der Waals surface area contributed by atoms with Gasteiger partial charge in [-0.05, 0) is 19.3 Å². The second-order valence-electron chi connectivity index (χ2n) is 3.84. The summed E-state index contributed by atoms with van der Waals surface area (Å²) in [7, 11) is 0. The summed E-state index contributed by atoms with van der Waals surface area (Å²) < 4.78 is 0. The number of carbonyl (C=O) groups is 1. The van der Waals surface area contributed by atoms with Gasteiger partial charge in [0.1, 0.15) is 0 Å². The first-order chi connectivity index (χ1) is 6.27. The third-order valence-corrected chi connectivity index (χ3v) is 3.04. The van der Waals surface area contributed by atoms with E-state index in [9.17, 15) is 4.79 Å². The van der Waals surface area contributed by atoms with E-state index in [1.807, 2.05) is 0 Å². The van der Waals surface area contributed by atoms with Gasteiger partial charge < -0.3 is 5.11 Å². The summed E-state index contributed by atoms with van der Waals surface area (Å²) in [5.74, 6) is -0.686. The van der Waals surface area contributed by atoms with Crippen molar-refractivity contribution in [2.24, 2.45) is 0 Å². The SMILES string of the molecule is O=C(O)CCN1C2C=CCC1CC2. The Hall–Kier alpha value is -0.830. The van der Waals surface area contributed by atoms with Crippen LogP contribution < -0.4 is 0 Å². The van der Waals surface area contributed by atoms with E-state index >= 15 is 0 Å². The van der Waals surface area contributed by atoms with E-state index in [0.717, 1.165) is 13.0 Å². The van der Waals surface area contributed by atoms with Crippen molar-refractivity contribution in [1.29, 1.82) is 0 Å². The highest BCUT2D eigenvalue weighted by Crippen LogP contribution is 2.31. The first-order valence-electron chi connectivity index (χ1n) is 4.91. The Morgan fingerprint density at radius 2 is 2.38 bits per heavy atom. The summed E-state index contributed by atoms with van der Waals surface area (Å²) in [6.07, 6.45) is 8.29. The summed E-state index contributed by atoms with van der Waals surface area (Å²) in [5.41, 5.74) is 0. The molecule has 0 aromatic carbocycles. The number of hydrogen-bond acceptors (Lipinski definition) is 2. The zero-order valence-corrected chi connectivity index (χ0v) is 7.65. The molecule has 0 spiro atoms. The molecule has 1 saturated heterocycles. The van der Waals surface area contributed by atoms with Gasteiger partial charge in [-0.15, -0.1) is 0 Å². The average molecular weight is 181 g/mol. The first-order valence-corrected chi connectivity index (χ1v) is 4.91. The number of hydrogen-bond donors (Lipinski definition) is 1. The van der Waals surface area contributed by atoms with E-state index in [2.05, 4.69) is 17.1 Å². The number of aliphatic carboxylic acids is 1. The van der Waals surface area contributed by atoms with Crippen molar-refractivity contribution in [2.45, 2.75) is 37.8 Å². The average Bonchev–Trinajstić information content (AvgIpc) is 2.34. The zero-order chi connectivity index (χ0) is 9.26. The van der Waals surface area contributed by atoms with Gasteiger partial charge in [-0.3, -0.25) is 9.69 Å². The molecule has 0 aromatic heterocycles. The lowest BCUT2D eigenvalue weighted by atomic mass is 10.1. The molecule has 2 unspecified atom stereocenters. The van der Waals surface area contributed by atoms with Crippen molar-refractivity contribution in [3.63, 3.8) is 0 Å². The monoisotopic (exact) mass is 181 g/mol. The number of rotatable bonds is 3. The molecule has 2 heterocycles. The van der Waals surface area contributed by atoms with Crippen LogP contribution in [0.25, 0.3) is 0 Å². The van der Waals surface area contributed by atoms with Crippen molar-refractivity contribution in [1.82, 2.24) is 4.90 Å². The van der Waals surface area contributed by atoms with E-state index in [1.54, 1.807) is 0 Å². The lowest BCUT2D eigenvalue weighted by Gasteiger charge is -2.30. The molecule has 2 aliphatic heterocycles. The molecule has 13 heavy (non-hydrogen) atoms. The highest BCUT2D eigenvalue weighted by molar-refractivity contribution is 5.66. The van der Waals surface area contributed by atoms with Crippen molar-refractivity contribution in [3.05, 3.63) is 12.2 Å². The molecule has 1 fully saturated rings. The van der Waals surface area contributed by atoms with Gasteiger partial charge in [0.05, 0.1) is 6.42 Å². The second-order valence-corrected chi connectivity index (χ2v) is 3.84. The molecule has 3 heteroatoms. The molecule has 2 atom stereocenters. The lowest BCUT2D eigenvalue weighted by molar-refractivity contribution is -0.137. The van der Waals surface area contributed by atoms with Gasteiger partial charge in [0.25, 0.3) is 0 Å². The summed E-state index contributed by atoms with van der Waals surface area (Å²) in [5, 5.41) is 8.59. The van der Waals surface area contributed by atoms with Gasteiger partial charge in [0, 0.05) is 18.6 Å². The van der Waals surface area contributed by atoms with Crippen LogP contribution in [0, 0.1) is 0 Å². The Labute approximate surface area is 78.0 Å². The minimum absolute atomic E-state index is 0.279. The molecule has 0 saturated carbocycles. The van der Waals surface area contributed by atoms with Crippen molar-refractivity contribution >= 4 is 5.97 Å². The maximum absolute atomic E-state index is 10.4. The third-order valence-electron chi connectivity index (χ3n) is 3.04. The molecule has 1 N–H and O–H groups in total. The van der Waals surface area contributed by atoms with Gasteiger partial charge in [0.2, 0.25) is 0 Å². The minimum Gasteiger partial charge on any atom is -0.481 e. The van der Waals surface area contributed by atoms with E-state index in [-0.39, 0.29) is 6.42 Å². The fraction of sp³-hybridized carbons (Fsp3) is 0.700. The number of carboxylic acid groups (broad SMARTS) is 1. The molecular formula is C10H15NO2. The summed E-state index contributed by atoms with van der Waals surface area (Å²) in [6, 6.07) is 1.15. The highest BCUT2D eigenvalue weighted by Gasteiger charge is 2.33. The summed E-state index contributed by atoms with van der Waals surface area (Å²) >= 11 is 0. The van der Waals surface area contributed by atoms with E-state index in [4.69, 9.17) is 5.11 Å². The largest absolute Gasteiger partial charge is 0.481 e. The Bertz CT molecular complexity index is 237. The Morgan fingerprint density at radius 3 is 3.08 bits per heavy atom. The molecule has 0 amide bonds. The van der Waals surface area contributed by atoms with Crippen LogP contribution in [0.1, 0.15) is 25.7 Å². The van der Waals surface area contributed by atoms with Gasteiger partial charge in [-0.1, -0.05) is 12.2 Å². The van der Waals surface area contributed by atoms with Crippen LogP contribution in [0.15, 0.2) is 12.2 Å². The molecule has 2 rings (SSSR count). The van der Waals surface area contributed by atoms with Crippen LogP contribution in [0.2, 0.25) is 0 Å². The maximum Gasteiger partial charge on any atom is 0.304 e. The fourth-order valence-electron chi connectivity index (χ4n) is 2.39. The van der Waals surface area contributed by atoms with E-state index in [1.165, 1.54) is 12.8 Å². The molecule has 0 aliphatic carbocycles. The van der Waals surface area contributed by atoms with Crippen LogP contribution >= 0.6 is 0 Å². The highest BCUT2D eigenvalue weighted by atomic mass is 16.4.